The van der Waals surface area contributed by atoms with Gasteiger partial charge in [-0.3, -0.25) is 0 Å². The van der Waals surface area contributed by atoms with Gasteiger partial charge in [0.05, 0.1) is 10.0 Å². The third-order valence-electron chi connectivity index (χ3n) is 1.72. The van der Waals surface area contributed by atoms with Crippen molar-refractivity contribution >= 4 is 23.2 Å². The summed E-state index contributed by atoms with van der Waals surface area (Å²) in [6.07, 6.45) is 0. The predicted octanol–water partition coefficient (Wildman–Crippen LogP) is 2.89. The molecule has 0 saturated carbocycles. The molecule has 0 aromatic heterocycles. The molecule has 0 aliphatic heterocycles. The second-order valence-electron chi connectivity index (χ2n) is 3.48. The summed E-state index contributed by atoms with van der Waals surface area (Å²) < 4.78 is 0. The Morgan fingerprint density at radius 2 is 1.85 bits per heavy atom. The van der Waals surface area contributed by atoms with E-state index in [9.17, 15) is 5.11 Å². The monoisotopic (exact) mass is 219 g/mol. The first kappa shape index (κ1) is 10.6. The van der Waals surface area contributed by atoms with Crippen molar-refractivity contribution in [2.24, 2.45) is 5.73 Å². The van der Waals surface area contributed by atoms with Gasteiger partial charge in [0.2, 0.25) is 0 Å². The highest BCUT2D eigenvalue weighted by atomic mass is 35.5. The largest absolute Gasteiger partial charge is 0.508 e. The fourth-order valence-electron chi connectivity index (χ4n) is 1.15. The molecule has 0 unspecified atom stereocenters. The highest BCUT2D eigenvalue weighted by Gasteiger charge is 2.23. The van der Waals surface area contributed by atoms with E-state index in [2.05, 4.69) is 0 Å². The first-order valence-corrected chi connectivity index (χ1v) is 4.56. The van der Waals surface area contributed by atoms with Gasteiger partial charge in [-0.15, -0.1) is 0 Å². The number of phenolic OH excluding ortho intramolecular Hbond substituents is 1. The van der Waals surface area contributed by atoms with Crippen LogP contribution in [-0.2, 0) is 5.54 Å². The number of aromatic hydroxyl groups is 1. The summed E-state index contributed by atoms with van der Waals surface area (Å²) in [5.41, 5.74) is 5.60. The Balaban J connectivity index is 3.43. The summed E-state index contributed by atoms with van der Waals surface area (Å²) in [5.74, 6) is 0.0712. The lowest BCUT2D eigenvalue weighted by Crippen LogP contribution is -2.29. The molecule has 0 heterocycles. The molecule has 0 saturated heterocycles. The maximum Gasteiger partial charge on any atom is 0.122 e. The first-order chi connectivity index (χ1) is 5.84. The van der Waals surface area contributed by atoms with Crippen molar-refractivity contribution in [1.29, 1.82) is 0 Å². The van der Waals surface area contributed by atoms with Gasteiger partial charge in [-0.2, -0.15) is 0 Å². The summed E-state index contributed by atoms with van der Waals surface area (Å²) in [6, 6.07) is 3.02. The van der Waals surface area contributed by atoms with Crippen LogP contribution in [0.25, 0.3) is 0 Å². The standard InChI is InChI=1S/C9H11Cl2NO/c1-9(2,12)7-6(13)4-3-5(10)8(7)11/h3-4,13H,12H2,1-2H3. The van der Waals surface area contributed by atoms with E-state index in [4.69, 9.17) is 28.9 Å². The molecule has 0 aliphatic rings. The third-order valence-corrected chi connectivity index (χ3v) is 2.52. The zero-order valence-electron chi connectivity index (χ0n) is 7.44. The van der Waals surface area contributed by atoms with Crippen LogP contribution in [0.5, 0.6) is 5.75 Å². The van der Waals surface area contributed by atoms with Crippen LogP contribution in [0.15, 0.2) is 12.1 Å². The van der Waals surface area contributed by atoms with E-state index in [1.807, 2.05) is 0 Å². The maximum absolute atomic E-state index is 9.53. The van der Waals surface area contributed by atoms with Gasteiger partial charge in [0.25, 0.3) is 0 Å². The van der Waals surface area contributed by atoms with E-state index < -0.39 is 5.54 Å². The Labute approximate surface area is 87.3 Å². The first-order valence-electron chi connectivity index (χ1n) is 3.80. The summed E-state index contributed by atoms with van der Waals surface area (Å²) in [6.45, 7) is 3.51. The fourth-order valence-corrected chi connectivity index (χ4v) is 1.71. The number of hydrogen-bond acceptors (Lipinski definition) is 2. The van der Waals surface area contributed by atoms with Crippen LogP contribution in [0.1, 0.15) is 19.4 Å². The Morgan fingerprint density at radius 1 is 1.31 bits per heavy atom. The lowest BCUT2D eigenvalue weighted by atomic mass is 9.95. The van der Waals surface area contributed by atoms with Crippen LogP contribution in [-0.4, -0.2) is 5.11 Å². The summed E-state index contributed by atoms with van der Waals surface area (Å²) in [7, 11) is 0. The van der Waals surface area contributed by atoms with Crippen molar-refractivity contribution < 1.29 is 5.11 Å². The Bertz CT molecular complexity index is 331. The number of rotatable bonds is 1. The Hall–Kier alpha value is -0.440. The third kappa shape index (κ3) is 2.08. The number of benzene rings is 1. The van der Waals surface area contributed by atoms with Crippen molar-refractivity contribution in [3.05, 3.63) is 27.7 Å². The van der Waals surface area contributed by atoms with Crippen molar-refractivity contribution in [1.82, 2.24) is 0 Å². The van der Waals surface area contributed by atoms with Gasteiger partial charge in [0.1, 0.15) is 5.75 Å². The summed E-state index contributed by atoms with van der Waals surface area (Å²) in [4.78, 5) is 0. The van der Waals surface area contributed by atoms with Crippen molar-refractivity contribution in [3.63, 3.8) is 0 Å². The molecule has 0 bridgehead atoms. The zero-order valence-corrected chi connectivity index (χ0v) is 8.95. The van der Waals surface area contributed by atoms with Crippen LogP contribution in [0.3, 0.4) is 0 Å². The molecule has 1 aromatic rings. The normalized spacial score (nSPS) is 11.8. The number of phenols is 1. The van der Waals surface area contributed by atoms with Gasteiger partial charge >= 0.3 is 0 Å². The van der Waals surface area contributed by atoms with E-state index in [1.165, 1.54) is 12.1 Å². The van der Waals surface area contributed by atoms with Crippen molar-refractivity contribution in [2.45, 2.75) is 19.4 Å². The van der Waals surface area contributed by atoms with E-state index in [0.717, 1.165) is 0 Å². The molecule has 3 N–H and O–H groups in total. The van der Waals surface area contributed by atoms with Gasteiger partial charge in [-0.1, -0.05) is 23.2 Å². The van der Waals surface area contributed by atoms with Crippen molar-refractivity contribution in [3.8, 4) is 5.75 Å². The molecule has 72 valence electrons. The molecule has 0 aliphatic carbocycles. The minimum Gasteiger partial charge on any atom is -0.508 e. The Kier molecular flexibility index (Phi) is 2.76. The molecular weight excluding hydrogens is 209 g/mol. The summed E-state index contributed by atoms with van der Waals surface area (Å²) in [5, 5.41) is 10.2. The van der Waals surface area contributed by atoms with Gasteiger partial charge in [-0.05, 0) is 26.0 Å². The van der Waals surface area contributed by atoms with Crippen LogP contribution < -0.4 is 5.73 Å². The molecule has 1 rings (SSSR count). The second kappa shape index (κ2) is 3.37. The second-order valence-corrected chi connectivity index (χ2v) is 4.26. The molecule has 0 amide bonds. The van der Waals surface area contributed by atoms with E-state index in [1.54, 1.807) is 13.8 Å². The highest BCUT2D eigenvalue weighted by molar-refractivity contribution is 6.42. The van der Waals surface area contributed by atoms with E-state index in [0.29, 0.717) is 15.6 Å². The number of nitrogens with two attached hydrogens (primary N) is 1. The molecule has 0 fully saturated rings. The zero-order chi connectivity index (χ0) is 10.2. The smallest absolute Gasteiger partial charge is 0.122 e. The minimum absolute atomic E-state index is 0.0712. The topological polar surface area (TPSA) is 46.2 Å². The van der Waals surface area contributed by atoms with Crippen LogP contribution in [0.4, 0.5) is 0 Å². The quantitative estimate of drug-likeness (QED) is 0.764. The van der Waals surface area contributed by atoms with Gasteiger partial charge in [0, 0.05) is 11.1 Å². The van der Waals surface area contributed by atoms with Crippen LogP contribution >= 0.6 is 23.2 Å². The molecule has 4 heteroatoms. The number of halogens is 2. The Morgan fingerprint density at radius 3 is 2.23 bits per heavy atom. The van der Waals surface area contributed by atoms with Crippen LogP contribution in [0.2, 0.25) is 10.0 Å². The van der Waals surface area contributed by atoms with Gasteiger partial charge in [0.15, 0.2) is 0 Å². The lowest BCUT2D eigenvalue weighted by molar-refractivity contribution is 0.440. The molecule has 0 atom stereocenters. The molecular formula is C9H11Cl2NO. The average Bonchev–Trinajstić information content (AvgIpc) is 1.95. The molecule has 0 spiro atoms. The number of hydrogen-bond donors (Lipinski definition) is 2. The van der Waals surface area contributed by atoms with Crippen molar-refractivity contribution in [2.75, 3.05) is 0 Å². The van der Waals surface area contributed by atoms with Gasteiger partial charge < -0.3 is 10.8 Å². The summed E-state index contributed by atoms with van der Waals surface area (Å²) >= 11 is 11.7. The molecule has 13 heavy (non-hydrogen) atoms. The predicted molar refractivity (Wildman–Crippen MR) is 55.3 cm³/mol. The SMILES string of the molecule is CC(C)(N)c1c(O)ccc(Cl)c1Cl. The lowest BCUT2D eigenvalue weighted by Gasteiger charge is -2.22. The molecule has 1 aromatic carbocycles. The fraction of sp³-hybridized carbons (Fsp3) is 0.333. The average molecular weight is 220 g/mol. The van der Waals surface area contributed by atoms with E-state index >= 15 is 0 Å². The highest BCUT2D eigenvalue weighted by Crippen LogP contribution is 2.37. The minimum atomic E-state index is -0.702. The van der Waals surface area contributed by atoms with Gasteiger partial charge in [-0.25, -0.2) is 0 Å². The van der Waals surface area contributed by atoms with E-state index in [-0.39, 0.29) is 5.75 Å². The molecule has 0 radical (unpaired) electrons. The van der Waals surface area contributed by atoms with Crippen LogP contribution in [0, 0.1) is 0 Å². The maximum atomic E-state index is 9.53. The molecule has 2 nitrogen and oxygen atoms in total.